The van der Waals surface area contributed by atoms with Gasteiger partial charge < -0.3 is 14.8 Å². The maximum Gasteiger partial charge on any atom is 0.291 e. The molecule has 0 aromatic heterocycles. The van der Waals surface area contributed by atoms with Gasteiger partial charge in [0.15, 0.2) is 18.1 Å². The monoisotopic (exact) mass is 524 g/mol. The van der Waals surface area contributed by atoms with Crippen molar-refractivity contribution >= 4 is 63.5 Å². The number of halogens is 1. The fourth-order valence-electron chi connectivity index (χ4n) is 3.32. The standard InChI is InChI=1S/C26H21ClN2O4S2/c1-32-22-13-18(7-12-21(22)33-16-24(30)28-20-10-8-19(27)9-11-20)14-23-25(34)29(26(31)35-23)15-17-5-3-2-4-6-17/h2-14H,15-16H2,1H3,(H,28,30)/b23-14-. The molecule has 3 aromatic rings. The highest BCUT2D eigenvalue weighted by atomic mass is 35.5. The number of carbonyl (C=O) groups excluding carboxylic acids is 2. The SMILES string of the molecule is COc1cc(/C=C2\SC(=O)N(Cc3ccccc3)C2=S)ccc1OCC(=O)Nc1ccc(Cl)cc1. The van der Waals surface area contributed by atoms with Crippen LogP contribution in [0, 0.1) is 0 Å². The maximum atomic E-state index is 12.5. The number of benzene rings is 3. The molecule has 35 heavy (non-hydrogen) atoms. The van der Waals surface area contributed by atoms with Crippen LogP contribution in [0.1, 0.15) is 11.1 Å². The first-order valence-corrected chi connectivity index (χ1v) is 12.2. The number of nitrogens with zero attached hydrogens (tertiary/aromatic N) is 1. The minimum Gasteiger partial charge on any atom is -0.493 e. The first-order chi connectivity index (χ1) is 16.9. The zero-order valence-electron chi connectivity index (χ0n) is 18.7. The summed E-state index contributed by atoms with van der Waals surface area (Å²) in [6, 6.07) is 21.8. The van der Waals surface area contributed by atoms with E-state index in [9.17, 15) is 9.59 Å². The van der Waals surface area contributed by atoms with Crippen molar-refractivity contribution in [2.45, 2.75) is 6.54 Å². The number of thioether (sulfide) groups is 1. The first-order valence-electron chi connectivity index (χ1n) is 10.6. The smallest absolute Gasteiger partial charge is 0.291 e. The average molecular weight is 525 g/mol. The van der Waals surface area contributed by atoms with Crippen LogP contribution in [0.3, 0.4) is 0 Å². The molecule has 178 valence electrons. The van der Waals surface area contributed by atoms with Crippen molar-refractivity contribution in [3.05, 3.63) is 93.9 Å². The Balaban J connectivity index is 1.41. The number of amides is 2. The number of nitrogens with one attached hydrogen (secondary N) is 1. The van der Waals surface area contributed by atoms with E-state index in [4.69, 9.17) is 33.3 Å². The highest BCUT2D eigenvalue weighted by molar-refractivity contribution is 8.19. The van der Waals surface area contributed by atoms with Crippen molar-refractivity contribution in [1.29, 1.82) is 0 Å². The van der Waals surface area contributed by atoms with E-state index in [0.717, 1.165) is 22.9 Å². The lowest BCUT2D eigenvalue weighted by Gasteiger charge is -2.14. The van der Waals surface area contributed by atoms with Crippen LogP contribution in [0.5, 0.6) is 11.5 Å². The molecule has 1 aliphatic heterocycles. The van der Waals surface area contributed by atoms with Crippen molar-refractivity contribution in [3.63, 3.8) is 0 Å². The number of rotatable bonds is 8. The molecule has 6 nitrogen and oxygen atoms in total. The third-order valence-corrected chi connectivity index (χ3v) is 6.78. The zero-order chi connectivity index (χ0) is 24.8. The normalized spacial score (nSPS) is 14.3. The van der Waals surface area contributed by atoms with Gasteiger partial charge in [-0.3, -0.25) is 14.5 Å². The van der Waals surface area contributed by atoms with Crippen LogP contribution >= 0.6 is 35.6 Å². The highest BCUT2D eigenvalue weighted by Gasteiger charge is 2.31. The van der Waals surface area contributed by atoms with Gasteiger partial charge in [0.2, 0.25) is 0 Å². The van der Waals surface area contributed by atoms with Crippen molar-refractivity contribution in [3.8, 4) is 11.5 Å². The topological polar surface area (TPSA) is 67.9 Å². The van der Waals surface area contributed by atoms with Gasteiger partial charge in [-0.05, 0) is 65.4 Å². The Bertz CT molecular complexity index is 1280. The summed E-state index contributed by atoms with van der Waals surface area (Å²) in [4.78, 5) is 27.5. The summed E-state index contributed by atoms with van der Waals surface area (Å²) >= 11 is 12.5. The molecule has 0 atom stereocenters. The molecule has 1 aliphatic rings. The van der Waals surface area contributed by atoms with Crippen molar-refractivity contribution in [2.75, 3.05) is 19.0 Å². The third kappa shape index (κ3) is 6.42. The van der Waals surface area contributed by atoms with E-state index in [2.05, 4.69) is 5.32 Å². The van der Waals surface area contributed by atoms with Crippen LogP contribution in [0.4, 0.5) is 10.5 Å². The summed E-state index contributed by atoms with van der Waals surface area (Å²) in [5, 5.41) is 3.22. The van der Waals surface area contributed by atoms with Gasteiger partial charge in [-0.25, -0.2) is 0 Å². The molecular formula is C26H21ClN2O4S2. The van der Waals surface area contributed by atoms with Gasteiger partial charge in [-0.2, -0.15) is 0 Å². The summed E-state index contributed by atoms with van der Waals surface area (Å²) in [6.45, 7) is 0.235. The van der Waals surface area contributed by atoms with Crippen molar-refractivity contribution in [2.24, 2.45) is 0 Å². The minimum atomic E-state index is -0.315. The fourth-order valence-corrected chi connectivity index (χ4v) is 4.68. The molecule has 0 bridgehead atoms. The number of thiocarbonyl (C=S) groups is 1. The van der Waals surface area contributed by atoms with Gasteiger partial charge in [0.25, 0.3) is 11.1 Å². The van der Waals surface area contributed by atoms with Crippen LogP contribution in [-0.4, -0.2) is 34.8 Å². The molecule has 0 unspecified atom stereocenters. The average Bonchev–Trinajstić information content (AvgIpc) is 3.12. The second-order valence-corrected chi connectivity index (χ2v) is 9.32. The molecule has 1 N–H and O–H groups in total. The quantitative estimate of drug-likeness (QED) is 0.271. The Hall–Kier alpha value is -3.33. The lowest BCUT2D eigenvalue weighted by atomic mass is 10.1. The molecule has 0 spiro atoms. The second kappa shape index (κ2) is 11.4. The van der Waals surface area contributed by atoms with E-state index < -0.39 is 0 Å². The molecule has 1 saturated heterocycles. The van der Waals surface area contributed by atoms with Gasteiger partial charge in [0.1, 0.15) is 4.99 Å². The van der Waals surface area contributed by atoms with Gasteiger partial charge in [0, 0.05) is 10.7 Å². The maximum absolute atomic E-state index is 12.5. The fraction of sp³-hybridized carbons (Fsp3) is 0.115. The lowest BCUT2D eigenvalue weighted by molar-refractivity contribution is -0.118. The van der Waals surface area contributed by atoms with E-state index in [-0.39, 0.29) is 17.8 Å². The number of ether oxygens (including phenoxy) is 2. The molecule has 2 amide bonds. The van der Waals surface area contributed by atoms with Crippen molar-refractivity contribution < 1.29 is 19.1 Å². The van der Waals surface area contributed by atoms with E-state index in [1.165, 1.54) is 7.11 Å². The molecule has 3 aromatic carbocycles. The van der Waals surface area contributed by atoms with Crippen molar-refractivity contribution in [1.82, 2.24) is 4.90 Å². The summed E-state index contributed by atoms with van der Waals surface area (Å²) in [5.41, 5.74) is 2.42. The Morgan fingerprint density at radius 1 is 1.09 bits per heavy atom. The molecular weight excluding hydrogens is 504 g/mol. The van der Waals surface area contributed by atoms with Crippen LogP contribution in [0.15, 0.2) is 77.7 Å². The third-order valence-electron chi connectivity index (χ3n) is 5.03. The molecule has 4 rings (SSSR count). The molecule has 1 heterocycles. The predicted molar refractivity (Wildman–Crippen MR) is 144 cm³/mol. The predicted octanol–water partition coefficient (Wildman–Crippen LogP) is 6.40. The molecule has 0 saturated carbocycles. The Labute approximate surface area is 217 Å². The number of hydrogen-bond donors (Lipinski definition) is 1. The lowest BCUT2D eigenvalue weighted by Crippen LogP contribution is -2.26. The number of anilines is 1. The Morgan fingerprint density at radius 2 is 1.83 bits per heavy atom. The Kier molecular flexibility index (Phi) is 8.07. The number of carbonyl (C=O) groups is 2. The number of methoxy groups -OCH3 is 1. The largest absolute Gasteiger partial charge is 0.493 e. The summed E-state index contributed by atoms with van der Waals surface area (Å²) < 4.78 is 11.1. The Morgan fingerprint density at radius 3 is 2.54 bits per heavy atom. The number of hydrogen-bond acceptors (Lipinski definition) is 6. The molecule has 9 heteroatoms. The summed E-state index contributed by atoms with van der Waals surface area (Å²) in [6.07, 6.45) is 1.84. The summed E-state index contributed by atoms with van der Waals surface area (Å²) in [7, 11) is 1.52. The van der Waals surface area contributed by atoms with Gasteiger partial charge >= 0.3 is 0 Å². The van der Waals surface area contributed by atoms with E-state index in [1.54, 1.807) is 41.3 Å². The van der Waals surface area contributed by atoms with Gasteiger partial charge in [0.05, 0.1) is 18.6 Å². The second-order valence-electron chi connectivity index (χ2n) is 7.51. The van der Waals surface area contributed by atoms with Crippen LogP contribution < -0.4 is 14.8 Å². The van der Waals surface area contributed by atoms with E-state index in [1.807, 2.05) is 42.5 Å². The molecule has 1 fully saturated rings. The van der Waals surface area contributed by atoms with E-state index in [0.29, 0.717) is 38.6 Å². The van der Waals surface area contributed by atoms with Crippen LogP contribution in [0.2, 0.25) is 5.02 Å². The molecule has 0 aliphatic carbocycles. The molecule has 0 radical (unpaired) electrons. The van der Waals surface area contributed by atoms with Crippen LogP contribution in [0.25, 0.3) is 6.08 Å². The summed E-state index contributed by atoms with van der Waals surface area (Å²) in [5.74, 6) is 0.564. The first kappa shape index (κ1) is 24.8. The van der Waals surface area contributed by atoms with Gasteiger partial charge in [-0.1, -0.05) is 60.2 Å². The van der Waals surface area contributed by atoms with Crippen LogP contribution in [-0.2, 0) is 11.3 Å². The highest BCUT2D eigenvalue weighted by Crippen LogP contribution is 2.36. The minimum absolute atomic E-state index is 0.108. The van der Waals surface area contributed by atoms with E-state index >= 15 is 0 Å². The van der Waals surface area contributed by atoms with Gasteiger partial charge in [-0.15, -0.1) is 0 Å². The zero-order valence-corrected chi connectivity index (χ0v) is 21.1.